The van der Waals surface area contributed by atoms with Gasteiger partial charge in [-0.25, -0.2) is 14.5 Å². The molecule has 0 saturated carbocycles. The zero-order chi connectivity index (χ0) is 23.6. The first-order chi connectivity index (χ1) is 15.0. The highest BCUT2D eigenvalue weighted by Crippen LogP contribution is 2.30. The van der Waals surface area contributed by atoms with Gasteiger partial charge in [-0.15, -0.1) is 5.10 Å². The molecule has 3 rings (SSSR count). The zero-order valence-electron chi connectivity index (χ0n) is 20.2. The summed E-state index contributed by atoms with van der Waals surface area (Å²) >= 11 is 0. The lowest BCUT2D eigenvalue weighted by atomic mass is 9.99. The Morgan fingerprint density at radius 2 is 1.84 bits per heavy atom. The average molecular weight is 446 g/mol. The lowest BCUT2D eigenvalue weighted by Crippen LogP contribution is -2.47. The Morgan fingerprint density at radius 3 is 2.44 bits per heavy atom. The van der Waals surface area contributed by atoms with Crippen LogP contribution < -0.4 is 10.1 Å². The first-order valence-corrected chi connectivity index (χ1v) is 11.1. The molecule has 2 aromatic rings. The van der Waals surface area contributed by atoms with Gasteiger partial charge >= 0.3 is 6.09 Å². The van der Waals surface area contributed by atoms with Gasteiger partial charge in [-0.2, -0.15) is 0 Å². The first-order valence-electron chi connectivity index (χ1n) is 11.1. The van der Waals surface area contributed by atoms with Crippen molar-refractivity contribution in [3.8, 4) is 5.88 Å². The van der Waals surface area contributed by atoms with E-state index in [1.807, 2.05) is 41.7 Å². The Kier molecular flexibility index (Phi) is 6.95. The van der Waals surface area contributed by atoms with Crippen molar-refractivity contribution in [2.45, 2.75) is 71.9 Å². The van der Waals surface area contributed by atoms with Gasteiger partial charge < -0.3 is 19.7 Å². The van der Waals surface area contributed by atoms with Gasteiger partial charge in [0.2, 0.25) is 11.8 Å². The second kappa shape index (κ2) is 9.34. The summed E-state index contributed by atoms with van der Waals surface area (Å²) in [5.74, 6) is 0.563. The Balaban J connectivity index is 1.56. The molecule has 9 nitrogen and oxygen atoms in total. The predicted molar refractivity (Wildman–Crippen MR) is 122 cm³/mol. The molecule has 1 saturated heterocycles. The van der Waals surface area contributed by atoms with Crippen LogP contribution in [0.2, 0.25) is 0 Å². The van der Waals surface area contributed by atoms with E-state index in [9.17, 15) is 9.59 Å². The fraction of sp³-hybridized carbons (Fsp3) is 0.652. The van der Waals surface area contributed by atoms with E-state index < -0.39 is 5.60 Å². The highest BCUT2D eigenvalue weighted by Gasteiger charge is 2.27. The number of methoxy groups -OCH3 is 1. The number of carbonyl (C=O) groups is 2. The maximum atomic E-state index is 12.6. The monoisotopic (exact) mass is 445 g/mol. The number of hydrogen-bond donors (Lipinski definition) is 1. The van der Waals surface area contributed by atoms with Crippen molar-refractivity contribution < 1.29 is 19.1 Å². The van der Waals surface area contributed by atoms with Crippen LogP contribution in [0, 0.1) is 13.8 Å². The number of aromatic nitrogens is 3. The van der Waals surface area contributed by atoms with Crippen LogP contribution in [0.5, 0.6) is 5.88 Å². The Hall–Kier alpha value is -2.84. The van der Waals surface area contributed by atoms with E-state index in [1.165, 1.54) is 0 Å². The molecule has 3 heterocycles. The van der Waals surface area contributed by atoms with Crippen molar-refractivity contribution in [2.24, 2.45) is 7.05 Å². The number of likely N-dealkylation sites (tertiary alicyclic amines) is 1. The molecule has 1 aliphatic rings. The molecule has 0 aromatic carbocycles. The van der Waals surface area contributed by atoms with E-state index in [-0.39, 0.29) is 18.0 Å². The molecular weight excluding hydrogens is 410 g/mol. The summed E-state index contributed by atoms with van der Waals surface area (Å²) in [6.45, 7) is 10.7. The van der Waals surface area contributed by atoms with Gasteiger partial charge in [0.15, 0.2) is 5.65 Å². The van der Waals surface area contributed by atoms with E-state index in [0.717, 1.165) is 40.7 Å². The maximum Gasteiger partial charge on any atom is 0.410 e. The zero-order valence-corrected chi connectivity index (χ0v) is 20.2. The number of nitrogens with zero attached hydrogens (tertiary/aromatic N) is 4. The van der Waals surface area contributed by atoms with Crippen molar-refractivity contribution in [2.75, 3.05) is 20.2 Å². The molecule has 176 valence electrons. The first kappa shape index (κ1) is 23.8. The summed E-state index contributed by atoms with van der Waals surface area (Å²) < 4.78 is 12.6. The summed E-state index contributed by atoms with van der Waals surface area (Å²) in [5.41, 5.74) is 3.28. The van der Waals surface area contributed by atoms with Crippen molar-refractivity contribution in [1.82, 2.24) is 25.0 Å². The quantitative estimate of drug-likeness (QED) is 0.760. The van der Waals surface area contributed by atoms with Crippen LogP contribution in [0.25, 0.3) is 11.0 Å². The third-order valence-corrected chi connectivity index (χ3v) is 5.83. The van der Waals surface area contributed by atoms with Crippen molar-refractivity contribution in [3.05, 3.63) is 16.8 Å². The molecule has 1 aliphatic heterocycles. The van der Waals surface area contributed by atoms with Crippen LogP contribution >= 0.6 is 0 Å². The highest BCUT2D eigenvalue weighted by atomic mass is 16.6. The van der Waals surface area contributed by atoms with E-state index in [0.29, 0.717) is 31.8 Å². The van der Waals surface area contributed by atoms with E-state index in [4.69, 9.17) is 9.47 Å². The number of aryl methyl sites for hydroxylation is 3. The van der Waals surface area contributed by atoms with Crippen LogP contribution in [0.1, 0.15) is 56.9 Å². The SMILES string of the molecule is COc1nn(C)c2nc(C)c(CCC(=O)NC3CCN(C(=O)OC(C)(C)C)CC3)c(C)c12. The fourth-order valence-corrected chi connectivity index (χ4v) is 4.18. The Morgan fingerprint density at radius 1 is 1.19 bits per heavy atom. The molecule has 0 unspecified atom stereocenters. The van der Waals surface area contributed by atoms with Crippen molar-refractivity contribution in [3.63, 3.8) is 0 Å². The number of amides is 2. The van der Waals surface area contributed by atoms with Gasteiger partial charge in [-0.1, -0.05) is 0 Å². The molecule has 32 heavy (non-hydrogen) atoms. The van der Waals surface area contributed by atoms with E-state index >= 15 is 0 Å². The molecule has 1 N–H and O–H groups in total. The fourth-order valence-electron chi connectivity index (χ4n) is 4.18. The number of pyridine rings is 1. The normalized spacial score (nSPS) is 15.2. The van der Waals surface area contributed by atoms with Crippen LogP contribution in [-0.4, -0.2) is 63.5 Å². The van der Waals surface area contributed by atoms with Crippen molar-refractivity contribution >= 4 is 23.0 Å². The molecule has 0 atom stereocenters. The molecule has 0 spiro atoms. The molecule has 0 radical (unpaired) electrons. The molecule has 0 aliphatic carbocycles. The highest BCUT2D eigenvalue weighted by molar-refractivity contribution is 5.86. The van der Waals surface area contributed by atoms with Gasteiger partial charge in [0.1, 0.15) is 5.60 Å². The smallest absolute Gasteiger partial charge is 0.410 e. The molecule has 9 heteroatoms. The lowest BCUT2D eigenvalue weighted by molar-refractivity contribution is -0.122. The number of ether oxygens (including phenoxy) is 2. The van der Waals surface area contributed by atoms with Crippen LogP contribution in [0.4, 0.5) is 4.79 Å². The molecule has 1 fully saturated rings. The molecule has 2 aromatic heterocycles. The molecular formula is C23H35N5O4. The number of nitrogens with one attached hydrogen (secondary N) is 1. The lowest BCUT2D eigenvalue weighted by Gasteiger charge is -2.33. The number of carbonyl (C=O) groups excluding carboxylic acids is 2. The Bertz CT molecular complexity index is 1000. The van der Waals surface area contributed by atoms with Gasteiger partial charge in [-0.05, 0) is 65.0 Å². The summed E-state index contributed by atoms with van der Waals surface area (Å²) in [7, 11) is 3.44. The summed E-state index contributed by atoms with van der Waals surface area (Å²) in [6.07, 6.45) is 2.14. The third kappa shape index (κ3) is 5.31. The van der Waals surface area contributed by atoms with Gasteiger partial charge in [-0.3, -0.25) is 4.79 Å². The molecule has 2 amide bonds. The topological polar surface area (TPSA) is 98.6 Å². The van der Waals surface area contributed by atoms with Crippen molar-refractivity contribution in [1.29, 1.82) is 0 Å². The number of hydrogen-bond acceptors (Lipinski definition) is 6. The number of fused-ring (bicyclic) bond motifs is 1. The van der Waals surface area contributed by atoms with E-state index in [1.54, 1.807) is 16.7 Å². The van der Waals surface area contributed by atoms with Crippen LogP contribution in [0.15, 0.2) is 0 Å². The number of rotatable bonds is 5. The standard InChI is InChI=1S/C23H35N5O4/c1-14-17(15(2)24-20-19(14)21(31-7)26-27(20)6)8-9-18(29)25-16-10-12-28(13-11-16)22(30)32-23(3,4)5/h16H,8-13H2,1-7H3,(H,25,29). The summed E-state index contributed by atoms with van der Waals surface area (Å²) in [6, 6.07) is 0.0717. The van der Waals surface area contributed by atoms with Gasteiger partial charge in [0, 0.05) is 38.3 Å². The largest absolute Gasteiger partial charge is 0.479 e. The minimum atomic E-state index is -0.504. The summed E-state index contributed by atoms with van der Waals surface area (Å²) in [5, 5.41) is 8.39. The Labute approximate surface area is 189 Å². The summed E-state index contributed by atoms with van der Waals surface area (Å²) in [4.78, 5) is 31.2. The van der Waals surface area contributed by atoms with Crippen LogP contribution in [-0.2, 0) is 23.0 Å². The van der Waals surface area contributed by atoms with E-state index in [2.05, 4.69) is 15.4 Å². The maximum absolute atomic E-state index is 12.6. The minimum absolute atomic E-state index is 0.0118. The number of piperidine rings is 1. The predicted octanol–water partition coefficient (Wildman–Crippen LogP) is 3.04. The third-order valence-electron chi connectivity index (χ3n) is 5.83. The van der Waals surface area contributed by atoms with Gasteiger partial charge in [0.05, 0.1) is 12.5 Å². The van der Waals surface area contributed by atoms with Crippen LogP contribution in [0.3, 0.4) is 0 Å². The second-order valence-electron chi connectivity index (χ2n) is 9.44. The average Bonchev–Trinajstić information content (AvgIpc) is 3.02. The molecule has 0 bridgehead atoms. The minimum Gasteiger partial charge on any atom is -0.479 e. The second-order valence-corrected chi connectivity index (χ2v) is 9.44. The van der Waals surface area contributed by atoms with Gasteiger partial charge in [0.25, 0.3) is 0 Å².